The van der Waals surface area contributed by atoms with Crippen molar-refractivity contribution in [3.63, 3.8) is 0 Å². The molecule has 2 amide bonds. The molecule has 8 N–H and O–H groups in total. The monoisotopic (exact) mass is 563 g/mol. The molecule has 204 valence electrons. The number of hydrogen-bond acceptors (Lipinski definition) is 9. The summed E-state index contributed by atoms with van der Waals surface area (Å²) in [5.74, 6) is -1.35. The number of fused-ring (bicyclic) bond motifs is 2. The average Bonchev–Trinajstić information content (AvgIpc) is 2.80. The number of ketones is 1. The number of nitrogens with zero attached hydrogens (tertiary/aromatic N) is 1. The zero-order chi connectivity index (χ0) is 28.0. The van der Waals surface area contributed by atoms with Crippen LogP contribution in [0, 0.1) is 5.92 Å². The number of primary amides is 1. The number of hydrogen-bond donors (Lipinski definition) is 7. The fraction of sp³-hybridized carbons (Fsp3) is 0.292. The van der Waals surface area contributed by atoms with Crippen molar-refractivity contribution in [2.24, 2.45) is 16.0 Å². The van der Waals surface area contributed by atoms with E-state index in [0.717, 1.165) is 6.26 Å². The summed E-state index contributed by atoms with van der Waals surface area (Å²) in [5, 5.41) is 16.7. The lowest BCUT2D eigenvalue weighted by Gasteiger charge is -2.40. The fourth-order valence-electron chi connectivity index (χ4n) is 4.57. The highest BCUT2D eigenvalue weighted by molar-refractivity contribution is 8.23. The van der Waals surface area contributed by atoms with Gasteiger partial charge in [0.25, 0.3) is 0 Å². The van der Waals surface area contributed by atoms with Crippen LogP contribution in [0.15, 0.2) is 57.3 Å². The van der Waals surface area contributed by atoms with E-state index < -0.39 is 43.9 Å². The molecule has 0 radical (unpaired) electrons. The molecule has 2 aromatic rings. The maximum absolute atomic E-state index is 14.2. The molecule has 0 bridgehead atoms. The second kappa shape index (κ2) is 9.62. The van der Waals surface area contributed by atoms with Crippen molar-refractivity contribution in [3.05, 3.63) is 59.2 Å². The predicted molar refractivity (Wildman–Crippen MR) is 147 cm³/mol. The molecule has 38 heavy (non-hydrogen) atoms. The molecular formula is C24H29N5O7S2. The molecule has 2 aromatic carbocycles. The summed E-state index contributed by atoms with van der Waals surface area (Å²) in [5.41, 5.74) is 4.32. The van der Waals surface area contributed by atoms with E-state index in [9.17, 15) is 32.2 Å². The molecule has 1 aliphatic carbocycles. The molecule has 1 atom stereocenters. The molecule has 1 unspecified atom stereocenters. The van der Waals surface area contributed by atoms with Gasteiger partial charge in [0.2, 0.25) is 10.0 Å². The van der Waals surface area contributed by atoms with E-state index >= 15 is 0 Å². The third-order valence-corrected chi connectivity index (χ3v) is 8.19. The molecule has 1 aliphatic heterocycles. The molecule has 0 spiro atoms. The van der Waals surface area contributed by atoms with Crippen molar-refractivity contribution in [2.75, 3.05) is 16.3 Å². The minimum absolute atomic E-state index is 0.0785. The van der Waals surface area contributed by atoms with Crippen molar-refractivity contribution in [1.29, 1.82) is 0 Å². The van der Waals surface area contributed by atoms with E-state index in [0.29, 0.717) is 12.0 Å². The van der Waals surface area contributed by atoms with Crippen molar-refractivity contribution >= 4 is 55.6 Å². The van der Waals surface area contributed by atoms with Gasteiger partial charge in [-0.2, -0.15) is 0 Å². The first-order valence-electron chi connectivity index (χ1n) is 11.6. The number of Topliss-reactive ketones (excluding diaryl/α,β-unsaturated/α-hetero) is 1. The van der Waals surface area contributed by atoms with E-state index in [1.165, 1.54) is 18.2 Å². The smallest absolute Gasteiger partial charge is 0.313 e. The lowest BCUT2D eigenvalue weighted by Crippen LogP contribution is -2.57. The number of rotatable bonds is 7. The van der Waals surface area contributed by atoms with Crippen molar-refractivity contribution in [3.8, 4) is 0 Å². The Bertz CT molecular complexity index is 1500. The molecule has 12 nitrogen and oxygen atoms in total. The second-order valence-corrected chi connectivity index (χ2v) is 13.0. The Morgan fingerprint density at radius 1 is 1.21 bits per heavy atom. The van der Waals surface area contributed by atoms with Crippen LogP contribution in [0.2, 0.25) is 0 Å². The number of nitrogens with two attached hydrogens (primary N) is 1. The molecule has 1 heterocycles. The first-order chi connectivity index (χ1) is 17.6. The maximum atomic E-state index is 14.2. The summed E-state index contributed by atoms with van der Waals surface area (Å²) >= 11 is 0. The molecule has 0 aromatic heterocycles. The Morgan fingerprint density at radius 2 is 1.89 bits per heavy atom. The Hall–Kier alpha value is -3.59. The van der Waals surface area contributed by atoms with Crippen LogP contribution in [0.4, 0.5) is 16.2 Å². The van der Waals surface area contributed by atoms with Crippen LogP contribution >= 0.6 is 10.8 Å². The third kappa shape index (κ3) is 5.07. The van der Waals surface area contributed by atoms with Gasteiger partial charge in [-0.15, -0.1) is 4.40 Å². The van der Waals surface area contributed by atoms with Gasteiger partial charge in [-0.1, -0.05) is 48.9 Å². The number of urea groups is 1. The Kier molecular flexibility index (Phi) is 6.95. The molecule has 14 heteroatoms. The zero-order valence-electron chi connectivity index (χ0n) is 20.8. The Labute approximate surface area is 221 Å². The number of carbonyl (C=O) groups excluding carboxylic acids is 2. The summed E-state index contributed by atoms with van der Waals surface area (Å²) in [6.45, 7) is 3.91. The van der Waals surface area contributed by atoms with Crippen LogP contribution in [-0.4, -0.2) is 46.5 Å². The van der Waals surface area contributed by atoms with Gasteiger partial charge in [-0.3, -0.25) is 18.6 Å². The van der Waals surface area contributed by atoms with Crippen LogP contribution in [0.25, 0.3) is 5.76 Å². The van der Waals surface area contributed by atoms with Gasteiger partial charge < -0.3 is 21.5 Å². The first-order valence-corrected chi connectivity index (χ1v) is 15.0. The van der Waals surface area contributed by atoms with E-state index in [1.807, 2.05) is 13.8 Å². The molecular weight excluding hydrogens is 534 g/mol. The Balaban J connectivity index is 1.88. The maximum Gasteiger partial charge on any atom is 0.313 e. The first kappa shape index (κ1) is 27.4. The number of aliphatic hydroxyl groups is 1. The number of amidine groups is 1. The summed E-state index contributed by atoms with van der Waals surface area (Å²) in [6, 6.07) is 9.55. The van der Waals surface area contributed by atoms with E-state index in [-0.39, 0.29) is 45.6 Å². The standard InChI is InChI=1S/C24H29N5O7S2/c1-13(2)10-11-24(27-23(25)32)16-7-5-4-6-15(16)20(30)19(21(24)31)22-26-17-9-8-14(28-37(3,33)34)12-18(17)38(35,36)29-22/h4-9,12-13,28,30,35-36H,10-11H2,1-3H3,(H,26,29)(H3,25,27,32). The number of sulfonamides is 1. The number of nitrogens with one attached hydrogen (secondary N) is 3. The molecule has 0 fully saturated rings. The van der Waals surface area contributed by atoms with Crippen LogP contribution in [-0.2, 0) is 20.4 Å². The van der Waals surface area contributed by atoms with Crippen LogP contribution in [0.5, 0.6) is 0 Å². The normalized spacial score (nSPS) is 21.1. The molecule has 4 rings (SSSR count). The van der Waals surface area contributed by atoms with Crippen LogP contribution in [0.1, 0.15) is 37.8 Å². The lowest BCUT2D eigenvalue weighted by atomic mass is 9.71. The van der Waals surface area contributed by atoms with Crippen LogP contribution in [0.3, 0.4) is 0 Å². The minimum atomic E-state index is -3.95. The van der Waals surface area contributed by atoms with E-state index in [4.69, 9.17) is 5.73 Å². The fourth-order valence-corrected chi connectivity index (χ4v) is 6.32. The van der Waals surface area contributed by atoms with Gasteiger partial charge in [0, 0.05) is 5.56 Å². The number of anilines is 2. The number of amides is 2. The Morgan fingerprint density at radius 3 is 2.53 bits per heavy atom. The van der Waals surface area contributed by atoms with Crippen molar-refractivity contribution in [1.82, 2.24) is 5.32 Å². The summed E-state index contributed by atoms with van der Waals surface area (Å²) in [4.78, 5) is 26.2. The second-order valence-electron chi connectivity index (χ2n) is 9.59. The summed E-state index contributed by atoms with van der Waals surface area (Å²) < 4.78 is 51.2. The largest absolute Gasteiger partial charge is 0.506 e. The zero-order valence-corrected chi connectivity index (χ0v) is 22.5. The predicted octanol–water partition coefficient (Wildman–Crippen LogP) is 3.76. The van der Waals surface area contributed by atoms with Gasteiger partial charge in [0.15, 0.2) is 11.6 Å². The quantitative estimate of drug-likeness (QED) is 0.263. The number of aliphatic hydroxyl groups excluding tert-OH is 1. The molecule has 0 saturated heterocycles. The van der Waals surface area contributed by atoms with Gasteiger partial charge >= 0.3 is 6.03 Å². The number of carbonyl (C=O) groups is 2. The van der Waals surface area contributed by atoms with Gasteiger partial charge in [-0.05, 0) is 42.5 Å². The van der Waals surface area contributed by atoms with Gasteiger partial charge in [-0.25, -0.2) is 13.2 Å². The third-order valence-electron chi connectivity index (χ3n) is 6.22. The number of benzene rings is 2. The van der Waals surface area contributed by atoms with E-state index in [1.54, 1.807) is 24.3 Å². The van der Waals surface area contributed by atoms with E-state index in [2.05, 4.69) is 19.8 Å². The van der Waals surface area contributed by atoms with Gasteiger partial charge in [0.1, 0.15) is 21.8 Å². The summed E-state index contributed by atoms with van der Waals surface area (Å²) in [6.07, 6.45) is 1.62. The molecule has 0 saturated carbocycles. The molecule has 2 aliphatic rings. The highest BCUT2D eigenvalue weighted by atomic mass is 32.3. The van der Waals surface area contributed by atoms with Gasteiger partial charge in [0.05, 0.1) is 17.6 Å². The highest BCUT2D eigenvalue weighted by Gasteiger charge is 2.50. The lowest BCUT2D eigenvalue weighted by molar-refractivity contribution is -0.121. The van der Waals surface area contributed by atoms with Crippen molar-refractivity contribution < 1.29 is 32.2 Å². The topological polar surface area (TPSA) is 203 Å². The SMILES string of the molecule is CC(C)CCC1(NC(N)=O)C(=O)C(C2=NS(O)(O)c3cc(NS(C)(=O)=O)ccc3N2)=C(O)c2ccccc21. The van der Waals surface area contributed by atoms with Crippen LogP contribution < -0.4 is 21.1 Å². The van der Waals surface area contributed by atoms with Crippen molar-refractivity contribution in [2.45, 2.75) is 37.1 Å². The summed E-state index contributed by atoms with van der Waals surface area (Å²) in [7, 11) is -7.58. The minimum Gasteiger partial charge on any atom is -0.506 e. The average molecular weight is 564 g/mol. The highest BCUT2D eigenvalue weighted by Crippen LogP contribution is 2.57.